The number of benzene rings is 3. The van der Waals surface area contributed by atoms with Gasteiger partial charge in [-0.3, -0.25) is 9.59 Å². The quantitative estimate of drug-likeness (QED) is 0.227. The van der Waals surface area contributed by atoms with Gasteiger partial charge in [-0.15, -0.1) is 12.4 Å². The molecule has 3 atom stereocenters. The van der Waals surface area contributed by atoms with Crippen LogP contribution in [0, 0.1) is 18.6 Å². The molecule has 0 aliphatic carbocycles. The summed E-state index contributed by atoms with van der Waals surface area (Å²) in [6.45, 7) is 7.74. The summed E-state index contributed by atoms with van der Waals surface area (Å²) in [4.78, 5) is 28.8. The average Bonchev–Trinajstić information content (AvgIpc) is 3.44. The Morgan fingerprint density at radius 2 is 1.73 bits per heavy atom. The van der Waals surface area contributed by atoms with Gasteiger partial charge in [-0.05, 0) is 84.7 Å². The Hall–Kier alpha value is -3.37. The van der Waals surface area contributed by atoms with Crippen LogP contribution in [-0.2, 0) is 17.7 Å². The maximum atomic E-state index is 14.0. The van der Waals surface area contributed by atoms with Gasteiger partial charge in [0.15, 0.2) is 0 Å². The molecule has 7 nitrogen and oxygen atoms in total. The summed E-state index contributed by atoms with van der Waals surface area (Å²) in [7, 11) is 1.61. The lowest BCUT2D eigenvalue weighted by molar-refractivity contribution is 0.0630. The highest BCUT2D eigenvalue weighted by Gasteiger charge is 2.30. The minimum Gasteiger partial charge on any atom is -0.390 e. The number of hydrogen-bond acceptors (Lipinski definition) is 5. The molecule has 45 heavy (non-hydrogen) atoms. The fourth-order valence-electron chi connectivity index (χ4n) is 5.76. The number of aliphatic hydroxyl groups excluding tert-OH is 1. The van der Waals surface area contributed by atoms with E-state index in [1.165, 1.54) is 17.7 Å². The number of methoxy groups -OCH3 is 1. The number of nitrogens with one attached hydrogen (secondary N) is 2. The highest BCUT2D eigenvalue weighted by Crippen LogP contribution is 2.22. The molecule has 1 heterocycles. The normalized spacial score (nSPS) is 15.9. The zero-order valence-electron chi connectivity index (χ0n) is 26.3. The van der Waals surface area contributed by atoms with Crippen molar-refractivity contribution in [3.63, 3.8) is 0 Å². The van der Waals surface area contributed by atoms with E-state index in [2.05, 4.69) is 36.6 Å². The first-order valence-electron chi connectivity index (χ1n) is 15.2. The maximum absolute atomic E-state index is 14.0. The molecule has 1 saturated heterocycles. The number of hydrogen-bond donors (Lipinski definition) is 3. The van der Waals surface area contributed by atoms with Crippen molar-refractivity contribution in [2.45, 2.75) is 70.7 Å². The Morgan fingerprint density at radius 3 is 2.42 bits per heavy atom. The number of carbonyl (C=O) groups excluding carboxylic acids is 2. The molecule has 1 fully saturated rings. The third-order valence-electron chi connectivity index (χ3n) is 8.04. The fourth-order valence-corrected chi connectivity index (χ4v) is 5.76. The molecule has 2 amide bonds. The molecule has 0 spiro atoms. The van der Waals surface area contributed by atoms with Gasteiger partial charge in [-0.2, -0.15) is 0 Å². The number of likely N-dealkylation sites (tertiary alicyclic amines) is 1. The maximum Gasteiger partial charge on any atom is 0.254 e. The smallest absolute Gasteiger partial charge is 0.254 e. The number of carbonyl (C=O) groups is 2. The molecule has 244 valence electrons. The molecule has 0 bridgehead atoms. The highest BCUT2D eigenvalue weighted by molar-refractivity contribution is 6.00. The topological polar surface area (TPSA) is 90.9 Å². The van der Waals surface area contributed by atoms with Gasteiger partial charge in [-0.1, -0.05) is 38.1 Å². The third-order valence-corrected chi connectivity index (χ3v) is 8.04. The number of nitrogens with zero attached hydrogens (tertiary/aromatic N) is 1. The molecule has 0 unspecified atom stereocenters. The van der Waals surface area contributed by atoms with Crippen LogP contribution in [-0.4, -0.2) is 66.8 Å². The first-order chi connectivity index (χ1) is 21.0. The summed E-state index contributed by atoms with van der Waals surface area (Å²) < 4.78 is 33.3. The van der Waals surface area contributed by atoms with E-state index in [4.69, 9.17) is 4.74 Å². The molecule has 0 radical (unpaired) electrons. The zero-order chi connectivity index (χ0) is 31.8. The lowest BCUT2D eigenvalue weighted by Crippen LogP contribution is -2.48. The van der Waals surface area contributed by atoms with Gasteiger partial charge in [0.2, 0.25) is 0 Å². The van der Waals surface area contributed by atoms with Gasteiger partial charge in [0, 0.05) is 43.9 Å². The van der Waals surface area contributed by atoms with E-state index >= 15 is 0 Å². The number of ether oxygens (including phenoxy) is 1. The van der Waals surface area contributed by atoms with E-state index in [1.807, 2.05) is 19.1 Å². The van der Waals surface area contributed by atoms with Crippen LogP contribution in [0.2, 0.25) is 0 Å². The van der Waals surface area contributed by atoms with E-state index in [-0.39, 0.29) is 42.9 Å². The second-order valence-electron chi connectivity index (χ2n) is 12.0. The monoisotopic (exact) mass is 643 g/mol. The minimum atomic E-state index is -1.08. The molecular formula is C35H44ClF2N3O4. The first-order valence-corrected chi connectivity index (χ1v) is 15.2. The number of rotatable bonds is 13. The van der Waals surface area contributed by atoms with Crippen molar-refractivity contribution in [1.82, 2.24) is 15.5 Å². The summed E-state index contributed by atoms with van der Waals surface area (Å²) in [5.74, 6) is -1.76. The van der Waals surface area contributed by atoms with Crippen molar-refractivity contribution in [2.24, 2.45) is 0 Å². The van der Waals surface area contributed by atoms with Crippen LogP contribution >= 0.6 is 12.4 Å². The summed E-state index contributed by atoms with van der Waals surface area (Å²) in [5.41, 5.74) is 3.95. The first kappa shape index (κ1) is 36.1. The van der Waals surface area contributed by atoms with Crippen molar-refractivity contribution in [3.05, 3.63) is 106 Å². The largest absolute Gasteiger partial charge is 0.390 e. The molecule has 3 N–H and O–H groups in total. The van der Waals surface area contributed by atoms with Crippen LogP contribution in [0.25, 0.3) is 0 Å². The Bertz CT molecular complexity index is 1430. The van der Waals surface area contributed by atoms with Gasteiger partial charge < -0.3 is 25.4 Å². The molecule has 3 aromatic rings. The van der Waals surface area contributed by atoms with Crippen molar-refractivity contribution in [1.29, 1.82) is 0 Å². The van der Waals surface area contributed by atoms with E-state index in [1.54, 1.807) is 30.2 Å². The SMILES string of the molecule is COC[C@H]1CCCN1C(=O)c1cc(C)cc(C(=O)N[C@@H](Cc2cc(F)cc(F)c2)[C@H](O)CNCc2cccc(C(C)C)c2)c1.Cl. The van der Waals surface area contributed by atoms with Crippen LogP contribution in [0.1, 0.15) is 75.6 Å². The predicted molar refractivity (Wildman–Crippen MR) is 174 cm³/mol. The highest BCUT2D eigenvalue weighted by atomic mass is 35.5. The van der Waals surface area contributed by atoms with Gasteiger partial charge >= 0.3 is 0 Å². The number of halogens is 3. The third kappa shape index (κ3) is 10.1. The van der Waals surface area contributed by atoms with Gasteiger partial charge in [0.05, 0.1) is 24.8 Å². The van der Waals surface area contributed by atoms with E-state index in [0.717, 1.165) is 30.0 Å². The number of aliphatic hydroxyl groups is 1. The van der Waals surface area contributed by atoms with Crippen LogP contribution in [0.4, 0.5) is 8.78 Å². The molecular weight excluding hydrogens is 600 g/mol. The Balaban J connectivity index is 0.00000552. The van der Waals surface area contributed by atoms with E-state index in [9.17, 15) is 23.5 Å². The summed E-state index contributed by atoms with van der Waals surface area (Å²) >= 11 is 0. The Kier molecular flexibility index (Phi) is 13.5. The van der Waals surface area contributed by atoms with Crippen LogP contribution in [0.5, 0.6) is 0 Å². The van der Waals surface area contributed by atoms with Crippen LogP contribution in [0.3, 0.4) is 0 Å². The van der Waals surface area contributed by atoms with Crippen LogP contribution in [0.15, 0.2) is 60.7 Å². The minimum absolute atomic E-state index is 0. The lowest BCUT2D eigenvalue weighted by Gasteiger charge is -2.26. The van der Waals surface area contributed by atoms with Gasteiger partial charge in [0.25, 0.3) is 11.8 Å². The summed E-state index contributed by atoms with van der Waals surface area (Å²) in [6, 6.07) is 15.4. The predicted octanol–water partition coefficient (Wildman–Crippen LogP) is 5.56. The van der Waals surface area contributed by atoms with Gasteiger partial charge in [-0.25, -0.2) is 8.78 Å². The number of aryl methyl sites for hydroxylation is 1. The van der Waals surface area contributed by atoms with Gasteiger partial charge in [0.1, 0.15) is 11.6 Å². The average molecular weight is 644 g/mol. The Morgan fingerprint density at radius 1 is 1.02 bits per heavy atom. The summed E-state index contributed by atoms with van der Waals surface area (Å²) in [6.07, 6.45) is 0.659. The molecule has 0 saturated carbocycles. The molecule has 1 aliphatic heterocycles. The molecule has 0 aromatic heterocycles. The van der Waals surface area contributed by atoms with Crippen LogP contribution < -0.4 is 10.6 Å². The lowest BCUT2D eigenvalue weighted by atomic mass is 9.99. The van der Waals surface area contributed by atoms with Crippen molar-refractivity contribution in [2.75, 3.05) is 26.8 Å². The summed E-state index contributed by atoms with van der Waals surface area (Å²) in [5, 5.41) is 17.3. The molecule has 1 aliphatic rings. The molecule has 10 heteroatoms. The standard InChI is InChI=1S/C35H43F2N3O4.ClH/c1-22(2)26-8-5-7-24(13-26)19-38-20-33(41)32(16-25-14-29(36)18-30(37)15-25)39-34(42)27-11-23(3)12-28(17-27)35(43)40-10-6-9-31(40)21-44-4;/h5,7-8,11-15,17-18,22,31-33,38,41H,6,9-10,16,19-21H2,1-4H3,(H,39,42);1H/t31-,32+,33-;/m1./s1. The van der Waals surface area contributed by atoms with Crippen molar-refractivity contribution in [3.8, 4) is 0 Å². The molecule has 4 rings (SSSR count). The van der Waals surface area contributed by atoms with Crippen molar-refractivity contribution < 1.29 is 28.2 Å². The second-order valence-corrected chi connectivity index (χ2v) is 12.0. The van der Waals surface area contributed by atoms with E-state index in [0.29, 0.717) is 36.7 Å². The van der Waals surface area contributed by atoms with Crippen molar-refractivity contribution >= 4 is 24.2 Å². The Labute approximate surface area is 270 Å². The number of amides is 2. The zero-order valence-corrected chi connectivity index (χ0v) is 27.1. The van der Waals surface area contributed by atoms with E-state index < -0.39 is 29.7 Å². The second kappa shape index (κ2) is 16.8. The molecule has 3 aromatic carbocycles. The fraction of sp³-hybridized carbons (Fsp3) is 0.429.